The molecule has 0 saturated heterocycles. The molecule has 0 nitrogen and oxygen atoms in total. The predicted octanol–water partition coefficient (Wildman–Crippen LogP) is 1.78. The average molecular weight is 527 g/mol. The molecule has 0 aromatic heterocycles. The Morgan fingerprint density at radius 3 is 1.43 bits per heavy atom. The first-order chi connectivity index (χ1) is 13.2. The van der Waals surface area contributed by atoms with E-state index in [0.29, 0.717) is 10.8 Å². The van der Waals surface area contributed by atoms with E-state index in [9.17, 15) is 0 Å². The molecule has 0 N–H and O–H groups in total. The van der Waals surface area contributed by atoms with Crippen molar-refractivity contribution < 1.29 is 49.0 Å². The van der Waals surface area contributed by atoms with Crippen LogP contribution < -0.4 is 24.8 Å². The molecule has 3 heteroatoms. The zero-order chi connectivity index (χ0) is 20.9. The van der Waals surface area contributed by atoms with Gasteiger partial charge in [0, 0.05) is 0 Å². The van der Waals surface area contributed by atoms with Crippen molar-refractivity contribution in [3.05, 3.63) is 59.4 Å². The summed E-state index contributed by atoms with van der Waals surface area (Å²) in [6.45, 7) is 14.2. The van der Waals surface area contributed by atoms with Crippen molar-refractivity contribution >= 4 is 4.21 Å². The normalized spacial score (nSPS) is 27.2. The summed E-state index contributed by atoms with van der Waals surface area (Å²) in [7, 11) is 0. The second-order valence-electron chi connectivity index (χ2n) is 10.2. The van der Waals surface area contributed by atoms with Crippen LogP contribution in [0.1, 0.15) is 80.1 Å². The van der Waals surface area contributed by atoms with Crippen LogP contribution in [-0.4, -0.2) is 4.21 Å². The van der Waals surface area contributed by atoms with Gasteiger partial charge >= 0.3 is 28.4 Å². The first kappa shape index (κ1) is 30.0. The van der Waals surface area contributed by atoms with Crippen molar-refractivity contribution in [2.75, 3.05) is 0 Å². The van der Waals surface area contributed by atoms with E-state index in [1.807, 2.05) is 0 Å². The van der Waals surface area contributed by atoms with Gasteiger partial charge < -0.3 is 24.8 Å². The third-order valence-electron chi connectivity index (χ3n) is 6.78. The number of halogens is 2. The van der Waals surface area contributed by atoms with Crippen LogP contribution in [0, 0.1) is 35.5 Å². The van der Waals surface area contributed by atoms with E-state index in [4.69, 9.17) is 0 Å². The monoisotopic (exact) mass is 524 g/mol. The van der Waals surface area contributed by atoms with Gasteiger partial charge in [0.1, 0.15) is 0 Å². The van der Waals surface area contributed by atoms with Crippen LogP contribution in [0.15, 0.2) is 46.6 Å². The maximum Gasteiger partial charge on any atom is -1.00 e. The van der Waals surface area contributed by atoms with E-state index in [1.54, 1.807) is 11.1 Å². The van der Waals surface area contributed by atoms with Crippen molar-refractivity contribution in [1.29, 1.82) is 0 Å². The van der Waals surface area contributed by atoms with E-state index in [-0.39, 0.29) is 24.8 Å². The molecular formula is C27H40Cl2Zr-2. The van der Waals surface area contributed by atoms with Gasteiger partial charge in [0.15, 0.2) is 0 Å². The van der Waals surface area contributed by atoms with Crippen molar-refractivity contribution in [2.45, 2.75) is 80.1 Å². The topological polar surface area (TPSA) is 0 Å². The van der Waals surface area contributed by atoms with Gasteiger partial charge in [-0.2, -0.15) is 47.3 Å². The summed E-state index contributed by atoms with van der Waals surface area (Å²) < 4.78 is 3.34. The minimum absolute atomic E-state index is 0. The molecule has 0 amide bonds. The average Bonchev–Trinajstić information content (AvgIpc) is 3.14. The molecule has 0 radical (unpaired) electrons. The van der Waals surface area contributed by atoms with Crippen LogP contribution in [0.5, 0.6) is 0 Å². The third-order valence-corrected chi connectivity index (χ3v) is 6.78. The predicted molar refractivity (Wildman–Crippen MR) is 122 cm³/mol. The van der Waals surface area contributed by atoms with Gasteiger partial charge in [-0.1, -0.05) is 89.9 Å². The fraction of sp³-hybridized carbons (Fsp3) is 0.593. The maximum atomic E-state index is 3.34. The van der Waals surface area contributed by atoms with Crippen molar-refractivity contribution in [1.82, 2.24) is 0 Å². The van der Waals surface area contributed by atoms with Crippen LogP contribution in [0.25, 0.3) is 0 Å². The molecule has 0 heterocycles. The first-order valence-corrected chi connectivity index (χ1v) is 12.8. The second kappa shape index (κ2) is 12.9. The minimum Gasteiger partial charge on any atom is -1.00 e. The van der Waals surface area contributed by atoms with E-state index >= 15 is 0 Å². The second-order valence-corrected chi connectivity index (χ2v) is 10.2. The van der Waals surface area contributed by atoms with Gasteiger partial charge in [0.05, 0.1) is 0 Å². The summed E-state index contributed by atoms with van der Waals surface area (Å²) in [5.74, 6) is 1.51. The number of rotatable bonds is 0. The number of hydrogen-bond donors (Lipinski definition) is 0. The molecule has 0 saturated carbocycles. The quantitative estimate of drug-likeness (QED) is 0.423. The molecular weight excluding hydrogens is 486 g/mol. The fourth-order valence-corrected chi connectivity index (χ4v) is 5.07. The molecule has 0 aliphatic heterocycles. The number of allylic oxidation sites excluding steroid dienone is 8. The Hall–Kier alpha value is 0.0331. The van der Waals surface area contributed by atoms with Gasteiger partial charge in [-0.15, -0.1) is 12.2 Å². The van der Waals surface area contributed by atoms with Crippen molar-refractivity contribution in [3.63, 3.8) is 0 Å². The summed E-state index contributed by atoms with van der Waals surface area (Å²) in [4.78, 5) is 0. The largest absolute Gasteiger partial charge is 1.00 e. The molecule has 168 valence electrons. The van der Waals surface area contributed by atoms with Gasteiger partial charge in [-0.05, 0) is 12.8 Å². The summed E-state index contributed by atoms with van der Waals surface area (Å²) in [6, 6.07) is 0. The first-order valence-electron chi connectivity index (χ1n) is 11.0. The Morgan fingerprint density at radius 2 is 1.10 bits per heavy atom. The van der Waals surface area contributed by atoms with Crippen LogP contribution in [0.3, 0.4) is 0 Å². The molecule has 2 unspecified atom stereocenters. The molecule has 2 atom stereocenters. The summed E-state index contributed by atoms with van der Waals surface area (Å²) >= 11 is 1.30. The molecule has 4 aliphatic rings. The molecule has 0 aromatic rings. The van der Waals surface area contributed by atoms with Gasteiger partial charge in [0.2, 0.25) is 0 Å². The van der Waals surface area contributed by atoms with Crippen LogP contribution in [0.4, 0.5) is 0 Å². The molecule has 0 fully saturated rings. The van der Waals surface area contributed by atoms with E-state index < -0.39 is 0 Å². The van der Waals surface area contributed by atoms with Gasteiger partial charge in [-0.25, -0.2) is 0 Å². The molecule has 0 aromatic carbocycles. The zero-order valence-electron chi connectivity index (χ0n) is 19.8. The summed E-state index contributed by atoms with van der Waals surface area (Å²) in [5, 5.41) is 0. The Balaban J connectivity index is 0.000000488. The number of hydrogen-bond acceptors (Lipinski definition) is 0. The standard InChI is InChI=1S/2C13H19.CH2.2ClH.Zr/c2*1-10-8-11-6-4-5-7-13(2,3)12(11)9-10;;;;/h2*4,6,8,10H,5,7,9H2,1-3H3;1H2;2*1H;/q2*-1;;;;+2/p-2. The molecule has 30 heavy (non-hydrogen) atoms. The third kappa shape index (κ3) is 7.57. The van der Waals surface area contributed by atoms with Gasteiger partial charge in [-0.3, -0.25) is 0 Å². The smallest absolute Gasteiger partial charge is 1.00 e. The SMILES string of the molecule is CC1[CH-]C2=C(C1)C(C)(C)CCC=C2.CC1[CH-]C2=C(C1)C(C)(C)CCC=C2.[CH2]=[Zr+2].[Cl-].[Cl-]. The molecule has 0 bridgehead atoms. The van der Waals surface area contributed by atoms with Gasteiger partial charge in [0.25, 0.3) is 0 Å². The van der Waals surface area contributed by atoms with E-state index in [0.717, 1.165) is 11.8 Å². The van der Waals surface area contributed by atoms with Crippen molar-refractivity contribution in [2.24, 2.45) is 22.7 Å². The Bertz CT molecular complexity index is 621. The fourth-order valence-electron chi connectivity index (χ4n) is 5.07. The van der Waals surface area contributed by atoms with E-state index in [2.05, 4.69) is 82.9 Å². The minimum atomic E-state index is 0. The Kier molecular flexibility index (Phi) is 12.9. The Morgan fingerprint density at radius 1 is 0.767 bits per heavy atom. The molecule has 4 aliphatic carbocycles. The molecule has 4 rings (SSSR count). The zero-order valence-corrected chi connectivity index (χ0v) is 23.8. The van der Waals surface area contributed by atoms with E-state index in [1.165, 1.54) is 73.9 Å². The van der Waals surface area contributed by atoms with Crippen molar-refractivity contribution in [3.8, 4) is 0 Å². The van der Waals surface area contributed by atoms with Crippen LogP contribution >= 0.6 is 0 Å². The summed E-state index contributed by atoms with van der Waals surface area (Å²) in [6.07, 6.45) is 21.8. The summed E-state index contributed by atoms with van der Waals surface area (Å²) in [5.41, 5.74) is 7.28. The maximum absolute atomic E-state index is 3.34. The molecule has 0 spiro atoms. The Labute approximate surface area is 214 Å². The van der Waals surface area contributed by atoms with Crippen LogP contribution in [0.2, 0.25) is 0 Å². The van der Waals surface area contributed by atoms with Crippen LogP contribution in [-0.2, 0) is 24.2 Å².